The van der Waals surface area contributed by atoms with E-state index in [9.17, 15) is 0 Å². The summed E-state index contributed by atoms with van der Waals surface area (Å²) in [5.74, 6) is 0. The summed E-state index contributed by atoms with van der Waals surface area (Å²) < 4.78 is 0. The Balaban J connectivity index is 2.96. The molecule has 0 amide bonds. The maximum Gasteiger partial charge on any atom is 0.304 e. The van der Waals surface area contributed by atoms with Crippen molar-refractivity contribution in [3.8, 4) is 0 Å². The molecule has 0 aliphatic rings. The summed E-state index contributed by atoms with van der Waals surface area (Å²) in [6.45, 7) is 3.68. The first-order valence-electron chi connectivity index (χ1n) is 3.28. The molecule has 1 rings (SSSR count). The second-order valence-corrected chi connectivity index (χ2v) is 2.71. The maximum absolute atomic E-state index is 8.74. The molecular formula is C8H8BClO. The van der Waals surface area contributed by atoms with Crippen molar-refractivity contribution in [3.63, 3.8) is 0 Å². The van der Waals surface area contributed by atoms with Gasteiger partial charge in [-0.3, -0.25) is 0 Å². The quantitative estimate of drug-likeness (QED) is 0.663. The van der Waals surface area contributed by atoms with E-state index in [4.69, 9.17) is 16.6 Å². The van der Waals surface area contributed by atoms with Gasteiger partial charge in [-0.2, -0.15) is 0 Å². The van der Waals surface area contributed by atoms with E-state index in [0.717, 1.165) is 5.56 Å². The number of halogens is 1. The third kappa shape index (κ3) is 2.10. The number of hydrogen-bond donors (Lipinski definition) is 1. The Kier molecular flexibility index (Phi) is 2.74. The summed E-state index contributed by atoms with van der Waals surface area (Å²) in [5.41, 5.74) is 1.58. The minimum atomic E-state index is -0.0274. The van der Waals surface area contributed by atoms with Crippen LogP contribution in [0, 0.1) is 0 Å². The SMILES string of the molecule is C=C(BO)c1cccc(Cl)c1. The standard InChI is InChI=1S/C8H8BClO/c1-6(9-11)7-3-2-4-8(10)5-7/h2-5,9,11H,1H2. The molecular weight excluding hydrogens is 158 g/mol. The Hall–Kier alpha value is -0.725. The average Bonchev–Trinajstić information content (AvgIpc) is 2.03. The van der Waals surface area contributed by atoms with Crippen LogP contribution in [0.4, 0.5) is 0 Å². The van der Waals surface area contributed by atoms with Crippen LogP contribution in [0.1, 0.15) is 5.56 Å². The Bertz CT molecular complexity index is 273. The Morgan fingerprint density at radius 2 is 2.27 bits per heavy atom. The minimum absolute atomic E-state index is 0.0274. The van der Waals surface area contributed by atoms with Gasteiger partial charge in [0.25, 0.3) is 0 Å². The van der Waals surface area contributed by atoms with Crippen LogP contribution in [0.5, 0.6) is 0 Å². The fourth-order valence-corrected chi connectivity index (χ4v) is 0.990. The summed E-state index contributed by atoms with van der Waals surface area (Å²) >= 11 is 5.72. The fourth-order valence-electron chi connectivity index (χ4n) is 0.800. The fraction of sp³-hybridized carbons (Fsp3) is 0. The highest BCUT2D eigenvalue weighted by atomic mass is 35.5. The van der Waals surface area contributed by atoms with Crippen molar-refractivity contribution in [2.75, 3.05) is 0 Å². The molecule has 1 N–H and O–H groups in total. The summed E-state index contributed by atoms with van der Waals surface area (Å²) in [6.07, 6.45) is 0. The van der Waals surface area contributed by atoms with Gasteiger partial charge in [-0.1, -0.05) is 29.2 Å². The highest BCUT2D eigenvalue weighted by molar-refractivity contribution is 6.53. The zero-order chi connectivity index (χ0) is 8.27. The lowest BCUT2D eigenvalue weighted by Crippen LogP contribution is -1.91. The van der Waals surface area contributed by atoms with Gasteiger partial charge < -0.3 is 5.02 Å². The van der Waals surface area contributed by atoms with Gasteiger partial charge in [0.15, 0.2) is 0 Å². The predicted octanol–water partition coefficient (Wildman–Crippen LogP) is 1.65. The van der Waals surface area contributed by atoms with Crippen molar-refractivity contribution in [1.82, 2.24) is 0 Å². The van der Waals surface area contributed by atoms with E-state index >= 15 is 0 Å². The molecule has 1 aromatic carbocycles. The molecule has 1 aromatic rings. The third-order valence-electron chi connectivity index (χ3n) is 1.42. The van der Waals surface area contributed by atoms with Crippen LogP contribution in [-0.2, 0) is 0 Å². The second kappa shape index (κ2) is 3.60. The molecule has 0 heterocycles. The van der Waals surface area contributed by atoms with Crippen LogP contribution in [0.25, 0.3) is 5.47 Å². The van der Waals surface area contributed by atoms with Crippen LogP contribution in [0.15, 0.2) is 30.8 Å². The molecule has 0 radical (unpaired) electrons. The Morgan fingerprint density at radius 1 is 1.55 bits per heavy atom. The van der Waals surface area contributed by atoms with Crippen molar-refractivity contribution in [3.05, 3.63) is 41.4 Å². The van der Waals surface area contributed by atoms with Gasteiger partial charge in [-0.05, 0) is 17.7 Å². The van der Waals surface area contributed by atoms with E-state index in [0.29, 0.717) is 10.5 Å². The second-order valence-electron chi connectivity index (χ2n) is 2.27. The topological polar surface area (TPSA) is 20.2 Å². The van der Waals surface area contributed by atoms with E-state index < -0.39 is 0 Å². The van der Waals surface area contributed by atoms with Crippen molar-refractivity contribution in [1.29, 1.82) is 0 Å². The van der Waals surface area contributed by atoms with Gasteiger partial charge in [0.05, 0.1) is 0 Å². The average molecular weight is 166 g/mol. The highest BCUT2D eigenvalue weighted by Gasteiger charge is 1.98. The van der Waals surface area contributed by atoms with Crippen molar-refractivity contribution in [2.24, 2.45) is 0 Å². The molecule has 56 valence electrons. The van der Waals surface area contributed by atoms with E-state index in [1.165, 1.54) is 0 Å². The van der Waals surface area contributed by atoms with Crippen molar-refractivity contribution < 1.29 is 5.02 Å². The normalized spacial score (nSPS) is 9.27. The molecule has 11 heavy (non-hydrogen) atoms. The molecule has 0 fully saturated rings. The van der Waals surface area contributed by atoms with Crippen LogP contribution in [0.2, 0.25) is 5.02 Å². The molecule has 0 aliphatic heterocycles. The molecule has 0 saturated heterocycles. The number of hydrogen-bond acceptors (Lipinski definition) is 1. The maximum atomic E-state index is 8.74. The van der Waals surface area contributed by atoms with E-state index in [2.05, 4.69) is 6.58 Å². The third-order valence-corrected chi connectivity index (χ3v) is 1.66. The molecule has 0 spiro atoms. The molecule has 1 nitrogen and oxygen atoms in total. The van der Waals surface area contributed by atoms with Crippen LogP contribution >= 0.6 is 11.6 Å². The first kappa shape index (κ1) is 8.37. The van der Waals surface area contributed by atoms with Gasteiger partial charge in [0, 0.05) is 5.02 Å². The molecule has 0 unspecified atom stereocenters. The van der Waals surface area contributed by atoms with E-state index in [-0.39, 0.29) is 7.48 Å². The number of benzene rings is 1. The van der Waals surface area contributed by atoms with Crippen LogP contribution < -0.4 is 0 Å². The summed E-state index contributed by atoms with van der Waals surface area (Å²) in [4.78, 5) is 0. The number of rotatable bonds is 2. The van der Waals surface area contributed by atoms with Crippen molar-refractivity contribution >= 4 is 24.6 Å². The monoisotopic (exact) mass is 166 g/mol. The van der Waals surface area contributed by atoms with E-state index in [1.54, 1.807) is 12.1 Å². The Labute approximate surface area is 71.6 Å². The van der Waals surface area contributed by atoms with Gasteiger partial charge >= 0.3 is 7.48 Å². The zero-order valence-electron chi connectivity index (χ0n) is 6.05. The molecule has 0 aromatic heterocycles. The summed E-state index contributed by atoms with van der Waals surface area (Å²) in [5, 5.41) is 9.40. The molecule has 0 aliphatic carbocycles. The van der Waals surface area contributed by atoms with Crippen LogP contribution in [-0.4, -0.2) is 12.5 Å². The highest BCUT2D eigenvalue weighted by Crippen LogP contribution is 2.15. The largest absolute Gasteiger partial charge is 0.449 e. The lowest BCUT2D eigenvalue weighted by molar-refractivity contribution is 0.616. The minimum Gasteiger partial charge on any atom is -0.449 e. The van der Waals surface area contributed by atoms with Crippen LogP contribution in [0.3, 0.4) is 0 Å². The van der Waals surface area contributed by atoms with Gasteiger partial charge in [0.2, 0.25) is 0 Å². The zero-order valence-corrected chi connectivity index (χ0v) is 6.80. The first-order chi connectivity index (χ1) is 5.24. The van der Waals surface area contributed by atoms with Gasteiger partial charge in [-0.25, -0.2) is 0 Å². The van der Waals surface area contributed by atoms with Gasteiger partial charge in [-0.15, -0.1) is 6.58 Å². The lowest BCUT2D eigenvalue weighted by atomic mass is 9.84. The molecule has 0 bridgehead atoms. The molecule has 0 atom stereocenters. The predicted molar refractivity (Wildman–Crippen MR) is 49.9 cm³/mol. The summed E-state index contributed by atoms with van der Waals surface area (Å²) in [6, 6.07) is 7.26. The van der Waals surface area contributed by atoms with E-state index in [1.807, 2.05) is 12.1 Å². The smallest absolute Gasteiger partial charge is 0.304 e. The summed E-state index contributed by atoms with van der Waals surface area (Å²) in [7, 11) is -0.0274. The lowest BCUT2D eigenvalue weighted by Gasteiger charge is -1.99. The van der Waals surface area contributed by atoms with Crippen molar-refractivity contribution in [2.45, 2.75) is 0 Å². The first-order valence-corrected chi connectivity index (χ1v) is 3.66. The van der Waals surface area contributed by atoms with Gasteiger partial charge in [0.1, 0.15) is 0 Å². The Morgan fingerprint density at radius 3 is 2.82 bits per heavy atom. The molecule has 0 saturated carbocycles. The molecule has 3 heteroatoms.